The zero-order valence-electron chi connectivity index (χ0n) is 10.3. The molecule has 1 aliphatic rings. The average Bonchev–Trinajstić information content (AvgIpc) is 2.71. The van der Waals surface area contributed by atoms with Gasteiger partial charge in [-0.1, -0.05) is 24.3 Å². The van der Waals surface area contributed by atoms with Crippen LogP contribution in [0.15, 0.2) is 24.3 Å². The quantitative estimate of drug-likeness (QED) is 0.728. The number of nitrogens with zero attached hydrogens (tertiary/aromatic N) is 3. The predicted molar refractivity (Wildman–Crippen MR) is 68.5 cm³/mol. The molecule has 0 fully saturated rings. The third kappa shape index (κ3) is 1.65. The molecular weight excluding hydrogens is 256 g/mol. The van der Waals surface area contributed by atoms with Gasteiger partial charge in [0.05, 0.1) is 12.1 Å². The van der Waals surface area contributed by atoms with Gasteiger partial charge in [-0.3, -0.25) is 9.59 Å². The van der Waals surface area contributed by atoms with Crippen molar-refractivity contribution in [1.82, 2.24) is 9.97 Å². The molecule has 2 N–H and O–H groups in total. The normalized spacial score (nSPS) is 11.7. The second-order valence-corrected chi connectivity index (χ2v) is 4.35. The molecule has 0 radical (unpaired) electrons. The lowest BCUT2D eigenvalue weighted by molar-refractivity contribution is -0.117. The van der Waals surface area contributed by atoms with Crippen LogP contribution in [0, 0.1) is 11.3 Å². The van der Waals surface area contributed by atoms with Crippen molar-refractivity contribution in [3.8, 4) is 17.3 Å². The van der Waals surface area contributed by atoms with Crippen molar-refractivity contribution < 1.29 is 9.59 Å². The number of hydrogen-bond acceptors (Lipinski definition) is 5. The number of benzene rings is 1. The summed E-state index contributed by atoms with van der Waals surface area (Å²) in [4.78, 5) is 31.5. The monoisotopic (exact) mass is 264 g/mol. The highest BCUT2D eigenvalue weighted by Gasteiger charge is 2.31. The van der Waals surface area contributed by atoms with Gasteiger partial charge in [0.15, 0.2) is 5.69 Å². The lowest BCUT2D eigenvalue weighted by atomic mass is 10.1. The lowest BCUT2D eigenvalue weighted by Crippen LogP contribution is -2.17. The highest BCUT2D eigenvalue weighted by Crippen LogP contribution is 2.34. The number of nitrogens with two attached hydrogens (primary N) is 1. The summed E-state index contributed by atoms with van der Waals surface area (Å²) < 4.78 is 0. The van der Waals surface area contributed by atoms with Gasteiger partial charge in [0, 0.05) is 11.1 Å². The average molecular weight is 264 g/mol. The number of ketones is 1. The van der Waals surface area contributed by atoms with Gasteiger partial charge in [0.2, 0.25) is 11.7 Å². The van der Waals surface area contributed by atoms with Crippen molar-refractivity contribution in [2.45, 2.75) is 6.42 Å². The summed E-state index contributed by atoms with van der Waals surface area (Å²) in [6, 6.07) is 8.82. The van der Waals surface area contributed by atoms with Crippen LogP contribution in [0.25, 0.3) is 11.3 Å². The molecule has 0 spiro atoms. The van der Waals surface area contributed by atoms with Crippen LogP contribution in [0.5, 0.6) is 0 Å². The Kier molecular flexibility index (Phi) is 2.54. The lowest BCUT2D eigenvalue weighted by Gasteiger charge is -2.04. The van der Waals surface area contributed by atoms with E-state index in [1.807, 2.05) is 6.07 Å². The van der Waals surface area contributed by atoms with Crippen LogP contribution < -0.4 is 5.73 Å². The zero-order valence-corrected chi connectivity index (χ0v) is 10.3. The van der Waals surface area contributed by atoms with Crippen LogP contribution in [0.4, 0.5) is 0 Å². The Morgan fingerprint density at radius 1 is 1.20 bits per heavy atom. The van der Waals surface area contributed by atoms with Gasteiger partial charge in [-0.2, -0.15) is 5.26 Å². The van der Waals surface area contributed by atoms with Crippen molar-refractivity contribution in [2.24, 2.45) is 5.73 Å². The van der Waals surface area contributed by atoms with E-state index >= 15 is 0 Å². The van der Waals surface area contributed by atoms with Crippen molar-refractivity contribution >= 4 is 11.7 Å². The van der Waals surface area contributed by atoms with Gasteiger partial charge >= 0.3 is 0 Å². The Morgan fingerprint density at radius 2 is 1.90 bits per heavy atom. The topological polar surface area (TPSA) is 110 Å². The van der Waals surface area contributed by atoms with Crippen LogP contribution in [0.1, 0.15) is 27.4 Å². The van der Waals surface area contributed by atoms with Crippen molar-refractivity contribution in [3.05, 3.63) is 46.9 Å². The number of fused-ring (bicyclic) bond motifs is 3. The number of primary amides is 1. The van der Waals surface area contributed by atoms with E-state index < -0.39 is 5.91 Å². The van der Waals surface area contributed by atoms with E-state index in [1.54, 1.807) is 24.3 Å². The van der Waals surface area contributed by atoms with E-state index in [1.165, 1.54) is 0 Å². The first-order valence-corrected chi connectivity index (χ1v) is 5.85. The summed E-state index contributed by atoms with van der Waals surface area (Å²) in [6.07, 6.45) is -0.181. The summed E-state index contributed by atoms with van der Waals surface area (Å²) in [6.45, 7) is 0. The second kappa shape index (κ2) is 4.24. The molecule has 0 bridgehead atoms. The van der Waals surface area contributed by atoms with E-state index in [0.717, 1.165) is 0 Å². The molecule has 20 heavy (non-hydrogen) atoms. The molecule has 2 aromatic rings. The molecule has 1 aromatic heterocycles. The number of hydrogen-bond donors (Lipinski definition) is 1. The van der Waals surface area contributed by atoms with Crippen LogP contribution in [0.3, 0.4) is 0 Å². The van der Waals surface area contributed by atoms with Gasteiger partial charge in [-0.05, 0) is 0 Å². The number of rotatable bonds is 2. The predicted octanol–water partition coefficient (Wildman–Crippen LogP) is 0.587. The van der Waals surface area contributed by atoms with Crippen LogP contribution in [0.2, 0.25) is 0 Å². The summed E-state index contributed by atoms with van der Waals surface area (Å²) >= 11 is 0. The molecule has 3 rings (SSSR count). The molecular formula is C14H8N4O2. The molecule has 1 heterocycles. The van der Waals surface area contributed by atoms with Gasteiger partial charge < -0.3 is 5.73 Å². The van der Waals surface area contributed by atoms with E-state index in [0.29, 0.717) is 16.8 Å². The van der Waals surface area contributed by atoms with Crippen molar-refractivity contribution in [1.29, 1.82) is 5.26 Å². The molecule has 1 aliphatic carbocycles. The minimum Gasteiger partial charge on any atom is -0.369 e. The molecule has 96 valence electrons. The van der Waals surface area contributed by atoms with Gasteiger partial charge in [-0.15, -0.1) is 0 Å². The summed E-state index contributed by atoms with van der Waals surface area (Å²) in [5, 5.41) is 9.05. The zero-order chi connectivity index (χ0) is 14.3. The smallest absolute Gasteiger partial charge is 0.223 e. The maximum Gasteiger partial charge on any atom is 0.223 e. The second-order valence-electron chi connectivity index (χ2n) is 4.35. The first-order chi connectivity index (χ1) is 9.61. The third-order valence-corrected chi connectivity index (χ3v) is 3.06. The van der Waals surface area contributed by atoms with Crippen LogP contribution >= 0.6 is 0 Å². The molecule has 0 aliphatic heterocycles. The minimum absolute atomic E-state index is 0.0382. The molecule has 6 nitrogen and oxygen atoms in total. The standard InChI is InChI=1S/C14H8N4O2/c15-6-10-9(5-11(16)19)17-12-7-3-1-2-4-8(7)14(20)13(12)18-10/h1-4H,5H2,(H2,16,19). The Labute approximate surface area is 113 Å². The van der Waals surface area contributed by atoms with Gasteiger partial charge in [-0.25, -0.2) is 9.97 Å². The van der Waals surface area contributed by atoms with Crippen LogP contribution in [-0.4, -0.2) is 21.7 Å². The van der Waals surface area contributed by atoms with Gasteiger partial charge in [0.25, 0.3) is 0 Å². The summed E-state index contributed by atoms with van der Waals surface area (Å²) in [7, 11) is 0. The highest BCUT2D eigenvalue weighted by molar-refractivity contribution is 6.19. The van der Waals surface area contributed by atoms with E-state index in [2.05, 4.69) is 9.97 Å². The first kappa shape index (κ1) is 12.0. The molecule has 0 saturated carbocycles. The van der Waals surface area contributed by atoms with E-state index in [4.69, 9.17) is 11.0 Å². The van der Waals surface area contributed by atoms with Gasteiger partial charge in [0.1, 0.15) is 17.5 Å². The Bertz CT molecular complexity index is 805. The highest BCUT2D eigenvalue weighted by atomic mass is 16.1. The molecule has 6 heteroatoms. The molecule has 0 saturated heterocycles. The number of carbonyl (C=O) groups excluding carboxylic acids is 2. The Morgan fingerprint density at radius 3 is 2.55 bits per heavy atom. The van der Waals surface area contributed by atoms with E-state index in [9.17, 15) is 9.59 Å². The SMILES string of the molecule is N#Cc1nc2c(nc1CC(N)=O)-c1ccccc1C2=O. The maximum atomic E-state index is 12.2. The molecule has 1 aromatic carbocycles. The first-order valence-electron chi connectivity index (χ1n) is 5.85. The summed E-state index contributed by atoms with van der Waals surface area (Å²) in [5.41, 5.74) is 7.01. The van der Waals surface area contributed by atoms with Crippen molar-refractivity contribution in [3.63, 3.8) is 0 Å². The fraction of sp³-hybridized carbons (Fsp3) is 0.0714. The molecule has 1 amide bonds. The largest absolute Gasteiger partial charge is 0.369 e. The minimum atomic E-state index is -0.603. The third-order valence-electron chi connectivity index (χ3n) is 3.06. The van der Waals surface area contributed by atoms with Crippen LogP contribution in [-0.2, 0) is 11.2 Å². The number of nitriles is 1. The number of aromatic nitrogens is 2. The Balaban J connectivity index is 2.26. The van der Waals surface area contributed by atoms with Crippen molar-refractivity contribution in [2.75, 3.05) is 0 Å². The maximum absolute atomic E-state index is 12.2. The Hall–Kier alpha value is -3.07. The number of amides is 1. The molecule has 0 unspecified atom stereocenters. The molecule has 0 atom stereocenters. The summed E-state index contributed by atoms with van der Waals surface area (Å²) in [5.74, 6) is -0.862. The fourth-order valence-electron chi connectivity index (χ4n) is 2.21. The van der Waals surface area contributed by atoms with E-state index in [-0.39, 0.29) is 29.3 Å². The fourth-order valence-corrected chi connectivity index (χ4v) is 2.21. The number of carbonyl (C=O) groups is 2.